The number of nitrogens with two attached hydrogens (primary N) is 1. The molecule has 7 heteroatoms. The second kappa shape index (κ2) is 10.6. The molecule has 0 saturated heterocycles. The van der Waals surface area contributed by atoms with Crippen LogP contribution in [-0.2, 0) is 4.79 Å². The van der Waals surface area contributed by atoms with Crippen molar-refractivity contribution in [2.24, 2.45) is 11.7 Å². The standard InChI is InChI=1S/C27H33N3O3S/c1-17-7-6-10-20(13-17)26-29-23(16-34-26)24-15-22(27(32)33)18(2)30(24)21(11-12-25(28)31)14-19-8-4-3-5-9-19/h6-7,10,13,15-16,19,21H,3-5,8-9,11-12,14H2,1-2H3,(H2,28,31)(H,32,33). The van der Waals surface area contributed by atoms with Crippen LogP contribution in [0.5, 0.6) is 0 Å². The largest absolute Gasteiger partial charge is 0.478 e. The summed E-state index contributed by atoms with van der Waals surface area (Å²) >= 11 is 1.56. The second-order valence-corrected chi connectivity index (χ2v) is 10.4. The SMILES string of the molecule is Cc1cccc(-c2nc(-c3cc(C(=O)O)c(C)n3C(CCC(N)=O)CC3CCCCC3)cs2)c1. The zero-order chi connectivity index (χ0) is 24.2. The van der Waals surface area contributed by atoms with Crippen LogP contribution in [0, 0.1) is 19.8 Å². The minimum atomic E-state index is -0.946. The molecular formula is C27H33N3O3S. The molecule has 0 aliphatic heterocycles. The molecule has 3 aromatic rings. The van der Waals surface area contributed by atoms with Crippen molar-refractivity contribution in [3.05, 3.63) is 52.5 Å². The Hall–Kier alpha value is -2.93. The maximum atomic E-state index is 12.1. The van der Waals surface area contributed by atoms with Crippen molar-refractivity contribution in [3.63, 3.8) is 0 Å². The summed E-state index contributed by atoms with van der Waals surface area (Å²) in [4.78, 5) is 28.6. The smallest absolute Gasteiger partial charge is 0.337 e. The minimum Gasteiger partial charge on any atom is -0.478 e. The molecule has 0 spiro atoms. The number of benzene rings is 1. The summed E-state index contributed by atoms with van der Waals surface area (Å²) in [5.74, 6) is -0.695. The van der Waals surface area contributed by atoms with E-state index in [4.69, 9.17) is 10.7 Å². The molecule has 3 N–H and O–H groups in total. The van der Waals surface area contributed by atoms with Gasteiger partial charge in [0.15, 0.2) is 0 Å². The summed E-state index contributed by atoms with van der Waals surface area (Å²) < 4.78 is 2.12. The zero-order valence-corrected chi connectivity index (χ0v) is 20.7. The number of rotatable bonds is 9. The van der Waals surface area contributed by atoms with Crippen molar-refractivity contribution >= 4 is 23.2 Å². The van der Waals surface area contributed by atoms with E-state index in [-0.39, 0.29) is 23.9 Å². The number of carboxylic acid groups (broad SMARTS) is 1. The van der Waals surface area contributed by atoms with Gasteiger partial charge >= 0.3 is 5.97 Å². The molecule has 1 aliphatic rings. The molecule has 2 heterocycles. The van der Waals surface area contributed by atoms with Crippen molar-refractivity contribution in [2.45, 2.75) is 71.3 Å². The van der Waals surface area contributed by atoms with Crippen LogP contribution < -0.4 is 5.73 Å². The number of primary amides is 1. The topological polar surface area (TPSA) is 98.2 Å². The summed E-state index contributed by atoms with van der Waals surface area (Å²) in [5.41, 5.74) is 10.3. The molecular weight excluding hydrogens is 446 g/mol. The van der Waals surface area contributed by atoms with Crippen LogP contribution >= 0.6 is 11.3 Å². The van der Waals surface area contributed by atoms with E-state index in [2.05, 4.69) is 23.6 Å². The third-order valence-corrected chi connectivity index (χ3v) is 7.86. The van der Waals surface area contributed by atoms with E-state index >= 15 is 0 Å². The van der Waals surface area contributed by atoms with E-state index in [9.17, 15) is 14.7 Å². The highest BCUT2D eigenvalue weighted by molar-refractivity contribution is 7.13. The van der Waals surface area contributed by atoms with Crippen LogP contribution in [0.15, 0.2) is 35.7 Å². The fourth-order valence-electron chi connectivity index (χ4n) is 5.28. The number of hydrogen-bond acceptors (Lipinski definition) is 4. The summed E-state index contributed by atoms with van der Waals surface area (Å²) in [6.45, 7) is 3.92. The Balaban J connectivity index is 1.76. The van der Waals surface area contributed by atoms with Crippen molar-refractivity contribution in [3.8, 4) is 22.0 Å². The molecule has 1 saturated carbocycles. The van der Waals surface area contributed by atoms with Gasteiger partial charge in [0.2, 0.25) is 5.91 Å². The van der Waals surface area contributed by atoms with Crippen LogP contribution in [0.2, 0.25) is 0 Å². The molecule has 1 unspecified atom stereocenters. The van der Waals surface area contributed by atoms with Gasteiger partial charge in [-0.1, -0.05) is 55.9 Å². The van der Waals surface area contributed by atoms with E-state index in [1.807, 2.05) is 24.4 Å². The molecule has 4 rings (SSSR count). The Bertz CT molecular complexity index is 1170. The Morgan fingerprint density at radius 2 is 1.97 bits per heavy atom. The number of carboxylic acids is 1. The molecule has 1 fully saturated rings. The number of aromatic nitrogens is 2. The van der Waals surface area contributed by atoms with E-state index < -0.39 is 5.97 Å². The highest BCUT2D eigenvalue weighted by Gasteiger charge is 2.27. The first kappa shape index (κ1) is 24.2. The molecule has 1 aromatic carbocycles. The van der Waals surface area contributed by atoms with Gasteiger partial charge in [-0.25, -0.2) is 9.78 Å². The Kier molecular flexibility index (Phi) is 7.51. The van der Waals surface area contributed by atoms with Crippen molar-refractivity contribution in [1.29, 1.82) is 0 Å². The molecule has 0 radical (unpaired) electrons. The third-order valence-electron chi connectivity index (χ3n) is 6.97. The summed E-state index contributed by atoms with van der Waals surface area (Å²) in [6, 6.07) is 9.97. The fraction of sp³-hybridized carbons (Fsp3) is 0.444. The molecule has 1 amide bonds. The van der Waals surface area contributed by atoms with Gasteiger partial charge in [-0.2, -0.15) is 0 Å². The van der Waals surface area contributed by atoms with Crippen LogP contribution in [0.25, 0.3) is 22.0 Å². The number of aryl methyl sites for hydroxylation is 1. The minimum absolute atomic E-state index is 0.00261. The maximum absolute atomic E-state index is 12.1. The third kappa shape index (κ3) is 5.41. The van der Waals surface area contributed by atoms with Crippen LogP contribution in [0.4, 0.5) is 0 Å². The lowest BCUT2D eigenvalue weighted by Gasteiger charge is -2.29. The molecule has 34 heavy (non-hydrogen) atoms. The predicted octanol–water partition coefficient (Wildman–Crippen LogP) is 6.37. The number of thiazole rings is 1. The van der Waals surface area contributed by atoms with E-state index in [1.165, 1.54) is 37.7 Å². The Morgan fingerprint density at radius 3 is 2.65 bits per heavy atom. The van der Waals surface area contributed by atoms with Crippen LogP contribution in [0.1, 0.15) is 79.0 Å². The van der Waals surface area contributed by atoms with Crippen LogP contribution in [-0.4, -0.2) is 26.5 Å². The van der Waals surface area contributed by atoms with Gasteiger partial charge < -0.3 is 15.4 Å². The molecule has 1 aliphatic carbocycles. The lowest BCUT2D eigenvalue weighted by molar-refractivity contribution is -0.118. The average Bonchev–Trinajstić information content (AvgIpc) is 3.42. The van der Waals surface area contributed by atoms with E-state index in [1.54, 1.807) is 17.4 Å². The first-order valence-electron chi connectivity index (χ1n) is 12.1. The highest BCUT2D eigenvalue weighted by atomic mass is 32.1. The quantitative estimate of drug-likeness (QED) is 0.372. The first-order chi connectivity index (χ1) is 16.3. The van der Waals surface area contributed by atoms with Crippen molar-refractivity contribution in [1.82, 2.24) is 9.55 Å². The van der Waals surface area contributed by atoms with Gasteiger partial charge in [-0.05, 0) is 44.7 Å². The molecule has 1 atom stereocenters. The first-order valence-corrected chi connectivity index (χ1v) is 13.0. The Labute approximate surface area is 204 Å². The number of aromatic carboxylic acids is 1. The molecule has 2 aromatic heterocycles. The van der Waals surface area contributed by atoms with Gasteiger partial charge in [0.05, 0.1) is 17.0 Å². The van der Waals surface area contributed by atoms with Gasteiger partial charge in [0.25, 0.3) is 0 Å². The summed E-state index contributed by atoms with van der Waals surface area (Å²) in [7, 11) is 0. The van der Waals surface area contributed by atoms with Gasteiger partial charge in [0.1, 0.15) is 5.01 Å². The van der Waals surface area contributed by atoms with Gasteiger partial charge in [0, 0.05) is 29.1 Å². The molecule has 0 bridgehead atoms. The number of carbonyl (C=O) groups is 2. The van der Waals surface area contributed by atoms with Crippen LogP contribution in [0.3, 0.4) is 0 Å². The van der Waals surface area contributed by atoms with Gasteiger partial charge in [-0.3, -0.25) is 4.79 Å². The molecule has 6 nitrogen and oxygen atoms in total. The number of hydrogen-bond donors (Lipinski definition) is 2. The normalized spacial score (nSPS) is 15.4. The number of amides is 1. The zero-order valence-electron chi connectivity index (χ0n) is 19.9. The number of carbonyl (C=O) groups excluding carboxylic acids is 1. The van der Waals surface area contributed by atoms with E-state index in [0.717, 1.165) is 28.4 Å². The van der Waals surface area contributed by atoms with Gasteiger partial charge in [-0.15, -0.1) is 11.3 Å². The molecule has 180 valence electrons. The Morgan fingerprint density at radius 1 is 1.21 bits per heavy atom. The maximum Gasteiger partial charge on any atom is 0.337 e. The van der Waals surface area contributed by atoms with Crippen molar-refractivity contribution in [2.75, 3.05) is 0 Å². The summed E-state index contributed by atoms with van der Waals surface area (Å²) in [5, 5.41) is 12.8. The van der Waals surface area contributed by atoms with Crippen molar-refractivity contribution < 1.29 is 14.7 Å². The lowest BCUT2D eigenvalue weighted by atomic mass is 9.83. The fourth-order valence-corrected chi connectivity index (χ4v) is 6.09. The highest BCUT2D eigenvalue weighted by Crippen LogP contribution is 2.39. The monoisotopic (exact) mass is 479 g/mol. The summed E-state index contributed by atoms with van der Waals surface area (Å²) in [6.07, 6.45) is 7.91. The second-order valence-electron chi connectivity index (χ2n) is 9.51. The number of nitrogens with zero attached hydrogens (tertiary/aromatic N) is 2. The lowest BCUT2D eigenvalue weighted by Crippen LogP contribution is -2.21. The van der Waals surface area contributed by atoms with E-state index in [0.29, 0.717) is 18.0 Å². The average molecular weight is 480 g/mol. The predicted molar refractivity (Wildman–Crippen MR) is 136 cm³/mol.